The van der Waals surface area contributed by atoms with Crippen molar-refractivity contribution in [1.82, 2.24) is 10.6 Å². The maximum atomic E-state index is 12.2. The van der Waals surface area contributed by atoms with Gasteiger partial charge in [0.2, 0.25) is 11.8 Å². The number of hydrogen-bond donors (Lipinski definition) is 3. The molecule has 1 unspecified atom stereocenters. The Labute approximate surface area is 173 Å². The van der Waals surface area contributed by atoms with E-state index in [1.807, 2.05) is 13.0 Å². The minimum atomic E-state index is -0.779. The number of halogens is 2. The van der Waals surface area contributed by atoms with Crippen molar-refractivity contribution in [2.45, 2.75) is 26.3 Å². The van der Waals surface area contributed by atoms with E-state index >= 15 is 0 Å². The van der Waals surface area contributed by atoms with Crippen molar-refractivity contribution in [3.05, 3.63) is 63.6 Å². The van der Waals surface area contributed by atoms with Crippen molar-refractivity contribution >= 4 is 46.6 Å². The fraction of sp³-hybridized carbons (Fsp3) is 0.250. The summed E-state index contributed by atoms with van der Waals surface area (Å²) in [6.45, 7) is 3.58. The van der Waals surface area contributed by atoms with Crippen LogP contribution in [0.15, 0.2) is 42.5 Å². The highest BCUT2D eigenvalue weighted by molar-refractivity contribution is 6.34. The summed E-state index contributed by atoms with van der Waals surface area (Å²) in [5, 5.41) is 8.64. The molecular weight excluding hydrogens is 401 g/mol. The number of benzene rings is 2. The molecule has 148 valence electrons. The molecule has 6 nitrogen and oxygen atoms in total. The van der Waals surface area contributed by atoms with Gasteiger partial charge in [0.1, 0.15) is 6.04 Å². The van der Waals surface area contributed by atoms with Crippen molar-refractivity contribution in [3.8, 4) is 0 Å². The summed E-state index contributed by atoms with van der Waals surface area (Å²) in [5.41, 5.74) is 1.80. The van der Waals surface area contributed by atoms with Gasteiger partial charge in [-0.3, -0.25) is 14.4 Å². The second-order valence-electron chi connectivity index (χ2n) is 6.25. The molecule has 0 saturated heterocycles. The van der Waals surface area contributed by atoms with Crippen molar-refractivity contribution in [1.29, 1.82) is 0 Å². The quantitative estimate of drug-likeness (QED) is 0.638. The van der Waals surface area contributed by atoms with Gasteiger partial charge in [-0.25, -0.2) is 0 Å². The number of carbonyl (C=O) groups excluding carboxylic acids is 3. The summed E-state index contributed by atoms with van der Waals surface area (Å²) < 4.78 is 0. The lowest BCUT2D eigenvalue weighted by atomic mass is 10.2. The first-order valence-electron chi connectivity index (χ1n) is 8.67. The van der Waals surface area contributed by atoms with Gasteiger partial charge < -0.3 is 16.0 Å². The Morgan fingerprint density at radius 3 is 2.43 bits per heavy atom. The van der Waals surface area contributed by atoms with E-state index in [2.05, 4.69) is 16.0 Å². The Bertz CT molecular complexity index is 887. The van der Waals surface area contributed by atoms with Gasteiger partial charge in [-0.1, -0.05) is 41.4 Å². The molecule has 0 aliphatic rings. The average molecular weight is 422 g/mol. The van der Waals surface area contributed by atoms with Crippen LogP contribution < -0.4 is 16.0 Å². The van der Waals surface area contributed by atoms with Gasteiger partial charge in [-0.05, 0) is 43.7 Å². The molecule has 2 aromatic rings. The summed E-state index contributed by atoms with van der Waals surface area (Å²) in [5.74, 6) is -1.12. The van der Waals surface area contributed by atoms with Crippen LogP contribution in [-0.2, 0) is 9.59 Å². The number of amides is 3. The molecule has 0 bridgehead atoms. The first-order chi connectivity index (χ1) is 13.3. The van der Waals surface area contributed by atoms with Crippen molar-refractivity contribution in [2.75, 3.05) is 11.9 Å². The summed E-state index contributed by atoms with van der Waals surface area (Å²) in [6.07, 6.45) is 0.0706. The molecule has 0 aliphatic heterocycles. The Balaban J connectivity index is 1.77. The highest BCUT2D eigenvalue weighted by Crippen LogP contribution is 2.22. The van der Waals surface area contributed by atoms with Crippen LogP contribution in [0.2, 0.25) is 10.0 Å². The highest BCUT2D eigenvalue weighted by atomic mass is 35.5. The van der Waals surface area contributed by atoms with Crippen LogP contribution in [0.25, 0.3) is 0 Å². The average Bonchev–Trinajstić information content (AvgIpc) is 2.64. The predicted octanol–water partition coefficient (Wildman–Crippen LogP) is 3.57. The molecule has 0 fully saturated rings. The van der Waals surface area contributed by atoms with Crippen LogP contribution in [0, 0.1) is 6.92 Å². The van der Waals surface area contributed by atoms with E-state index < -0.39 is 17.9 Å². The molecule has 3 amide bonds. The van der Waals surface area contributed by atoms with E-state index in [1.54, 1.807) is 43.3 Å². The number of hydrogen-bond acceptors (Lipinski definition) is 3. The number of nitrogens with one attached hydrogen (secondary N) is 3. The molecule has 0 radical (unpaired) electrons. The fourth-order valence-electron chi connectivity index (χ4n) is 2.37. The van der Waals surface area contributed by atoms with E-state index in [1.165, 1.54) is 0 Å². The van der Waals surface area contributed by atoms with Gasteiger partial charge in [-0.15, -0.1) is 0 Å². The molecule has 2 rings (SSSR count). The molecule has 3 N–H and O–H groups in total. The molecule has 8 heteroatoms. The van der Waals surface area contributed by atoms with Crippen molar-refractivity contribution in [2.24, 2.45) is 0 Å². The zero-order chi connectivity index (χ0) is 20.7. The smallest absolute Gasteiger partial charge is 0.253 e. The largest absolute Gasteiger partial charge is 0.354 e. The van der Waals surface area contributed by atoms with E-state index in [4.69, 9.17) is 23.2 Å². The summed E-state index contributed by atoms with van der Waals surface area (Å²) >= 11 is 12.0. The lowest BCUT2D eigenvalue weighted by Crippen LogP contribution is -2.45. The van der Waals surface area contributed by atoms with Gasteiger partial charge in [0, 0.05) is 13.0 Å². The third-order valence-electron chi connectivity index (χ3n) is 3.91. The number of carbonyl (C=O) groups is 3. The first kappa shape index (κ1) is 21.7. The van der Waals surface area contributed by atoms with E-state index in [-0.39, 0.29) is 24.4 Å². The Hall–Kier alpha value is -2.57. The van der Waals surface area contributed by atoms with Crippen LogP contribution in [-0.4, -0.2) is 30.3 Å². The van der Waals surface area contributed by atoms with Crippen molar-refractivity contribution < 1.29 is 14.4 Å². The van der Waals surface area contributed by atoms with Gasteiger partial charge in [0.05, 0.1) is 21.3 Å². The standard InChI is InChI=1S/C20H21Cl2N3O3/c1-12-7-8-17(16(22)11-12)25-18(26)9-10-23-19(27)13(2)24-20(28)14-5-3-4-6-15(14)21/h3-8,11,13H,9-10H2,1-2H3,(H,23,27)(H,24,28)(H,25,26). The second kappa shape index (κ2) is 10.1. The maximum Gasteiger partial charge on any atom is 0.253 e. The monoisotopic (exact) mass is 421 g/mol. The third kappa shape index (κ3) is 6.25. The summed E-state index contributed by atoms with van der Waals surface area (Å²) in [6, 6.07) is 11.1. The zero-order valence-electron chi connectivity index (χ0n) is 15.5. The minimum absolute atomic E-state index is 0.0706. The van der Waals surface area contributed by atoms with Crippen LogP contribution >= 0.6 is 23.2 Å². The van der Waals surface area contributed by atoms with Crippen molar-refractivity contribution in [3.63, 3.8) is 0 Å². The summed E-state index contributed by atoms with van der Waals surface area (Å²) in [7, 11) is 0. The normalized spacial score (nSPS) is 11.4. The number of anilines is 1. The maximum absolute atomic E-state index is 12.2. The molecule has 0 aliphatic carbocycles. The number of aryl methyl sites for hydroxylation is 1. The molecule has 0 heterocycles. The molecule has 2 aromatic carbocycles. The lowest BCUT2D eigenvalue weighted by Gasteiger charge is -2.15. The second-order valence-corrected chi connectivity index (χ2v) is 7.06. The van der Waals surface area contributed by atoms with E-state index in [9.17, 15) is 14.4 Å². The van der Waals surface area contributed by atoms with Crippen LogP contribution in [0.3, 0.4) is 0 Å². The van der Waals surface area contributed by atoms with Crippen LogP contribution in [0.4, 0.5) is 5.69 Å². The van der Waals surface area contributed by atoms with E-state index in [0.717, 1.165) is 5.56 Å². The van der Waals surface area contributed by atoms with Crippen LogP contribution in [0.1, 0.15) is 29.3 Å². The molecule has 28 heavy (non-hydrogen) atoms. The SMILES string of the molecule is Cc1ccc(NC(=O)CCNC(=O)C(C)NC(=O)c2ccccc2Cl)c(Cl)c1. The lowest BCUT2D eigenvalue weighted by molar-refractivity contribution is -0.122. The summed E-state index contributed by atoms with van der Waals surface area (Å²) in [4.78, 5) is 36.3. The fourth-order valence-corrected chi connectivity index (χ4v) is 2.88. The van der Waals surface area contributed by atoms with E-state index in [0.29, 0.717) is 15.7 Å². The zero-order valence-corrected chi connectivity index (χ0v) is 17.0. The minimum Gasteiger partial charge on any atom is -0.354 e. The Morgan fingerprint density at radius 1 is 1.04 bits per heavy atom. The molecule has 0 spiro atoms. The van der Waals surface area contributed by atoms with Gasteiger partial charge in [-0.2, -0.15) is 0 Å². The van der Waals surface area contributed by atoms with Gasteiger partial charge in [0.25, 0.3) is 5.91 Å². The van der Waals surface area contributed by atoms with Gasteiger partial charge >= 0.3 is 0 Å². The van der Waals surface area contributed by atoms with Crippen LogP contribution in [0.5, 0.6) is 0 Å². The first-order valence-corrected chi connectivity index (χ1v) is 9.42. The molecular formula is C20H21Cl2N3O3. The third-order valence-corrected chi connectivity index (χ3v) is 4.55. The predicted molar refractivity (Wildman–Crippen MR) is 111 cm³/mol. The van der Waals surface area contributed by atoms with Gasteiger partial charge in [0.15, 0.2) is 0 Å². The molecule has 0 aromatic heterocycles. The Kier molecular flexibility index (Phi) is 7.84. The highest BCUT2D eigenvalue weighted by Gasteiger charge is 2.18. The Morgan fingerprint density at radius 2 is 1.75 bits per heavy atom. The number of rotatable bonds is 7. The topological polar surface area (TPSA) is 87.3 Å². The molecule has 0 saturated carbocycles. The molecule has 1 atom stereocenters.